The van der Waals surface area contributed by atoms with Crippen LogP contribution in [-0.4, -0.2) is 19.3 Å². The summed E-state index contributed by atoms with van der Waals surface area (Å²) in [6, 6.07) is 6.23. The summed E-state index contributed by atoms with van der Waals surface area (Å²) in [5.74, 6) is 1.69. The van der Waals surface area contributed by atoms with Crippen LogP contribution in [0.2, 0.25) is 0 Å². The smallest absolute Gasteiger partial charge is 0.129 e. The minimum absolute atomic E-state index is 0.685. The Balaban J connectivity index is 2.26. The molecule has 5 heteroatoms. The molecular weight excluding hydrogens is 238 g/mol. The molecule has 3 aromatic rings. The molecular formula is C14H17N5. The van der Waals surface area contributed by atoms with Crippen LogP contribution in [0.3, 0.4) is 0 Å². The van der Waals surface area contributed by atoms with E-state index in [4.69, 9.17) is 5.73 Å². The minimum atomic E-state index is 0.685. The predicted molar refractivity (Wildman–Crippen MR) is 76.8 cm³/mol. The molecule has 0 aliphatic carbocycles. The van der Waals surface area contributed by atoms with E-state index in [1.807, 2.05) is 27.9 Å². The Kier molecular flexibility index (Phi) is 2.38. The van der Waals surface area contributed by atoms with Crippen LogP contribution in [0.5, 0.6) is 0 Å². The van der Waals surface area contributed by atoms with E-state index in [0.717, 1.165) is 33.7 Å². The maximum absolute atomic E-state index is 6.09. The van der Waals surface area contributed by atoms with Gasteiger partial charge in [-0.05, 0) is 31.5 Å². The Morgan fingerprint density at radius 1 is 1.16 bits per heavy atom. The molecule has 0 unspecified atom stereocenters. The molecule has 2 N–H and O–H groups in total. The molecule has 0 bridgehead atoms. The van der Waals surface area contributed by atoms with Crippen molar-refractivity contribution in [3.63, 3.8) is 0 Å². The average molecular weight is 255 g/mol. The van der Waals surface area contributed by atoms with Gasteiger partial charge in [-0.3, -0.25) is 4.68 Å². The molecule has 0 spiro atoms. The number of benzene rings is 1. The largest absolute Gasteiger partial charge is 0.383 e. The average Bonchev–Trinajstić information content (AvgIpc) is 2.78. The molecule has 19 heavy (non-hydrogen) atoms. The van der Waals surface area contributed by atoms with Crippen LogP contribution >= 0.6 is 0 Å². The normalized spacial score (nSPS) is 11.4. The van der Waals surface area contributed by atoms with Crippen molar-refractivity contribution in [3.05, 3.63) is 29.7 Å². The Hall–Kier alpha value is -2.30. The first-order chi connectivity index (χ1) is 8.99. The van der Waals surface area contributed by atoms with Crippen molar-refractivity contribution in [2.75, 3.05) is 5.73 Å². The second-order valence-corrected chi connectivity index (χ2v) is 4.89. The minimum Gasteiger partial charge on any atom is -0.383 e. The molecule has 0 amide bonds. The maximum Gasteiger partial charge on any atom is 0.129 e. The van der Waals surface area contributed by atoms with Crippen molar-refractivity contribution in [2.24, 2.45) is 14.1 Å². The van der Waals surface area contributed by atoms with Crippen LogP contribution in [0.25, 0.3) is 22.2 Å². The first-order valence-electron chi connectivity index (χ1n) is 6.21. The van der Waals surface area contributed by atoms with Gasteiger partial charge in [0.15, 0.2) is 0 Å². The summed E-state index contributed by atoms with van der Waals surface area (Å²) >= 11 is 0. The molecule has 0 saturated carbocycles. The van der Waals surface area contributed by atoms with E-state index in [1.165, 1.54) is 0 Å². The lowest BCUT2D eigenvalue weighted by Gasteiger charge is -2.03. The Morgan fingerprint density at radius 3 is 2.53 bits per heavy atom. The molecule has 0 fully saturated rings. The molecule has 0 aliphatic rings. The second kappa shape index (κ2) is 3.85. The maximum atomic E-state index is 6.09. The number of imidazole rings is 1. The fraction of sp³-hybridized carbons (Fsp3) is 0.286. The second-order valence-electron chi connectivity index (χ2n) is 4.89. The topological polar surface area (TPSA) is 61.7 Å². The van der Waals surface area contributed by atoms with Crippen molar-refractivity contribution in [3.8, 4) is 11.1 Å². The zero-order valence-electron chi connectivity index (χ0n) is 11.6. The van der Waals surface area contributed by atoms with E-state index >= 15 is 0 Å². The summed E-state index contributed by atoms with van der Waals surface area (Å²) in [5.41, 5.74) is 11.2. The highest BCUT2D eigenvalue weighted by molar-refractivity contribution is 5.86. The van der Waals surface area contributed by atoms with Gasteiger partial charge in [0.2, 0.25) is 0 Å². The number of rotatable bonds is 1. The van der Waals surface area contributed by atoms with E-state index in [-0.39, 0.29) is 0 Å². The molecule has 5 nitrogen and oxygen atoms in total. The number of nitrogens with two attached hydrogens (primary N) is 1. The molecule has 0 radical (unpaired) electrons. The van der Waals surface area contributed by atoms with Gasteiger partial charge in [-0.1, -0.05) is 6.07 Å². The highest BCUT2D eigenvalue weighted by Gasteiger charge is 2.14. The van der Waals surface area contributed by atoms with Crippen molar-refractivity contribution < 1.29 is 0 Å². The number of hydrogen-bond donors (Lipinski definition) is 1. The van der Waals surface area contributed by atoms with Gasteiger partial charge >= 0.3 is 0 Å². The number of nitrogens with zero attached hydrogens (tertiary/aromatic N) is 4. The van der Waals surface area contributed by atoms with E-state index in [9.17, 15) is 0 Å². The number of anilines is 1. The molecule has 98 valence electrons. The number of fused-ring (bicyclic) bond motifs is 1. The predicted octanol–water partition coefficient (Wildman–Crippen LogP) is 2.17. The molecule has 3 rings (SSSR count). The van der Waals surface area contributed by atoms with Gasteiger partial charge in [-0.25, -0.2) is 4.98 Å². The van der Waals surface area contributed by atoms with Crippen LogP contribution < -0.4 is 5.73 Å². The van der Waals surface area contributed by atoms with Crippen molar-refractivity contribution >= 4 is 16.9 Å². The van der Waals surface area contributed by atoms with Crippen LogP contribution in [-0.2, 0) is 14.1 Å². The third-order valence-electron chi connectivity index (χ3n) is 3.66. The van der Waals surface area contributed by atoms with Gasteiger partial charge in [0.05, 0.1) is 16.7 Å². The van der Waals surface area contributed by atoms with E-state index < -0.39 is 0 Å². The SMILES string of the molecule is Cc1nn(C)c(N)c1-c1ccc2c(c1)nc(C)n2C. The first-order valence-corrected chi connectivity index (χ1v) is 6.21. The van der Waals surface area contributed by atoms with Crippen molar-refractivity contribution in [2.45, 2.75) is 13.8 Å². The van der Waals surface area contributed by atoms with Gasteiger partial charge in [0.25, 0.3) is 0 Å². The Bertz CT molecular complexity index is 779. The van der Waals surface area contributed by atoms with Gasteiger partial charge < -0.3 is 10.3 Å². The van der Waals surface area contributed by atoms with Crippen LogP contribution in [0, 0.1) is 13.8 Å². The van der Waals surface area contributed by atoms with Gasteiger partial charge in [-0.15, -0.1) is 0 Å². The standard InChI is InChI=1S/C14H17N5/c1-8-13(14(15)19(4)17-8)10-5-6-12-11(7-10)16-9(2)18(12)3/h5-7H,15H2,1-4H3. The van der Waals surface area contributed by atoms with E-state index in [2.05, 4.69) is 32.8 Å². The summed E-state index contributed by atoms with van der Waals surface area (Å²) < 4.78 is 3.79. The fourth-order valence-electron chi connectivity index (χ4n) is 2.51. The van der Waals surface area contributed by atoms with Crippen molar-refractivity contribution in [1.29, 1.82) is 0 Å². The highest BCUT2D eigenvalue weighted by atomic mass is 15.3. The summed E-state index contributed by atoms with van der Waals surface area (Å²) in [6.07, 6.45) is 0. The number of hydrogen-bond acceptors (Lipinski definition) is 3. The molecule has 1 aromatic carbocycles. The van der Waals surface area contributed by atoms with Gasteiger partial charge in [0, 0.05) is 19.7 Å². The third kappa shape index (κ3) is 1.62. The summed E-state index contributed by atoms with van der Waals surface area (Å²) in [7, 11) is 3.88. The molecule has 0 atom stereocenters. The summed E-state index contributed by atoms with van der Waals surface area (Å²) in [6.45, 7) is 3.98. The lowest BCUT2D eigenvalue weighted by Crippen LogP contribution is -1.98. The highest BCUT2D eigenvalue weighted by Crippen LogP contribution is 2.31. The Morgan fingerprint density at radius 2 is 1.89 bits per heavy atom. The Labute approximate surface area is 111 Å². The summed E-state index contributed by atoms with van der Waals surface area (Å²) in [5, 5.41) is 4.36. The fourth-order valence-corrected chi connectivity index (χ4v) is 2.51. The lowest BCUT2D eigenvalue weighted by atomic mass is 10.1. The van der Waals surface area contributed by atoms with Crippen LogP contribution in [0.15, 0.2) is 18.2 Å². The van der Waals surface area contributed by atoms with Gasteiger partial charge in [-0.2, -0.15) is 5.10 Å². The van der Waals surface area contributed by atoms with Gasteiger partial charge in [0.1, 0.15) is 11.6 Å². The lowest BCUT2D eigenvalue weighted by molar-refractivity contribution is 0.767. The van der Waals surface area contributed by atoms with E-state index in [1.54, 1.807) is 4.68 Å². The zero-order chi connectivity index (χ0) is 13.7. The molecule has 0 saturated heterocycles. The number of nitrogen functional groups attached to an aromatic ring is 1. The first kappa shape index (κ1) is 11.8. The van der Waals surface area contributed by atoms with E-state index in [0.29, 0.717) is 5.82 Å². The molecule has 0 aliphatic heterocycles. The van der Waals surface area contributed by atoms with Crippen LogP contribution in [0.1, 0.15) is 11.5 Å². The quantitative estimate of drug-likeness (QED) is 0.725. The monoisotopic (exact) mass is 255 g/mol. The van der Waals surface area contributed by atoms with Crippen LogP contribution in [0.4, 0.5) is 5.82 Å². The molecule has 2 heterocycles. The number of aryl methyl sites for hydroxylation is 4. The zero-order valence-corrected chi connectivity index (χ0v) is 11.6. The summed E-state index contributed by atoms with van der Waals surface area (Å²) in [4.78, 5) is 4.56. The van der Waals surface area contributed by atoms with Crippen molar-refractivity contribution in [1.82, 2.24) is 19.3 Å². The number of aromatic nitrogens is 4. The molecule has 2 aromatic heterocycles. The third-order valence-corrected chi connectivity index (χ3v) is 3.66.